The Balaban J connectivity index is 1.78. The number of piperazine rings is 1. The van der Waals surface area contributed by atoms with E-state index in [1.165, 1.54) is 27.4 Å². The first-order chi connectivity index (χ1) is 14.2. The van der Waals surface area contributed by atoms with Gasteiger partial charge in [0, 0.05) is 49.6 Å². The van der Waals surface area contributed by atoms with E-state index in [0.29, 0.717) is 34.0 Å². The molecule has 3 aromatic rings. The molecule has 2 heterocycles. The van der Waals surface area contributed by atoms with E-state index in [1.54, 1.807) is 6.07 Å². The van der Waals surface area contributed by atoms with Gasteiger partial charge in [-0.3, -0.25) is 4.79 Å². The Morgan fingerprint density at radius 1 is 0.931 bits per heavy atom. The number of nitrogens with zero attached hydrogens (tertiary/aromatic N) is 1. The van der Waals surface area contributed by atoms with Crippen molar-refractivity contribution in [3.05, 3.63) is 46.6 Å². The van der Waals surface area contributed by atoms with Crippen LogP contribution in [0.1, 0.15) is 0 Å². The molecule has 1 aliphatic heterocycles. The largest absolute Gasteiger partial charge is 0.493 e. The number of ether oxygens (including phenoxy) is 3. The van der Waals surface area contributed by atoms with Gasteiger partial charge in [0.1, 0.15) is 16.7 Å². The third-order valence-electron chi connectivity index (χ3n) is 5.16. The molecule has 4 rings (SSSR count). The second-order valence-corrected chi connectivity index (χ2v) is 6.78. The van der Waals surface area contributed by atoms with Crippen molar-refractivity contribution in [2.75, 3.05) is 52.4 Å². The van der Waals surface area contributed by atoms with Gasteiger partial charge in [-0.05, 0) is 24.3 Å². The van der Waals surface area contributed by atoms with Crippen LogP contribution in [0.4, 0.5) is 5.69 Å². The summed E-state index contributed by atoms with van der Waals surface area (Å²) in [6, 6.07) is 11.2. The number of anilines is 1. The fourth-order valence-corrected chi connectivity index (χ4v) is 3.69. The van der Waals surface area contributed by atoms with Crippen molar-refractivity contribution in [2.24, 2.45) is 0 Å². The lowest BCUT2D eigenvalue weighted by Crippen LogP contribution is -2.43. The molecule has 1 fully saturated rings. The molecule has 29 heavy (non-hydrogen) atoms. The first kappa shape index (κ1) is 19.1. The van der Waals surface area contributed by atoms with Gasteiger partial charge in [0.05, 0.1) is 21.3 Å². The molecule has 7 heteroatoms. The molecule has 1 N–H and O–H groups in total. The average molecular weight is 396 g/mol. The topological polar surface area (TPSA) is 73.2 Å². The van der Waals surface area contributed by atoms with Crippen molar-refractivity contribution in [3.8, 4) is 28.6 Å². The fourth-order valence-electron chi connectivity index (χ4n) is 3.69. The molecule has 0 spiro atoms. The van der Waals surface area contributed by atoms with Gasteiger partial charge in [-0.1, -0.05) is 0 Å². The summed E-state index contributed by atoms with van der Waals surface area (Å²) in [4.78, 5) is 15.2. The number of methoxy groups -OCH3 is 3. The van der Waals surface area contributed by atoms with E-state index in [0.717, 1.165) is 37.4 Å². The number of rotatable bonds is 5. The highest BCUT2D eigenvalue weighted by Gasteiger charge is 2.21. The summed E-state index contributed by atoms with van der Waals surface area (Å²) in [5, 5.41) is 3.68. The van der Waals surface area contributed by atoms with Gasteiger partial charge in [0.2, 0.25) is 5.75 Å². The Kier molecular flexibility index (Phi) is 5.31. The monoisotopic (exact) mass is 396 g/mol. The van der Waals surface area contributed by atoms with Gasteiger partial charge in [-0.2, -0.15) is 0 Å². The Morgan fingerprint density at radius 3 is 2.24 bits per heavy atom. The van der Waals surface area contributed by atoms with Gasteiger partial charge >= 0.3 is 0 Å². The predicted molar refractivity (Wildman–Crippen MR) is 113 cm³/mol. The van der Waals surface area contributed by atoms with Gasteiger partial charge in [0.15, 0.2) is 16.9 Å². The smallest absolute Gasteiger partial charge is 0.204 e. The Morgan fingerprint density at radius 2 is 1.62 bits per heavy atom. The highest BCUT2D eigenvalue weighted by Crippen LogP contribution is 2.42. The van der Waals surface area contributed by atoms with Crippen molar-refractivity contribution in [1.82, 2.24) is 5.32 Å². The highest BCUT2D eigenvalue weighted by atomic mass is 16.5. The first-order valence-electron chi connectivity index (χ1n) is 9.49. The number of hydrogen-bond donors (Lipinski definition) is 1. The zero-order chi connectivity index (χ0) is 20.4. The van der Waals surface area contributed by atoms with Crippen molar-refractivity contribution in [3.63, 3.8) is 0 Å². The van der Waals surface area contributed by atoms with Crippen LogP contribution in [-0.4, -0.2) is 47.5 Å². The normalized spacial score (nSPS) is 14.1. The van der Waals surface area contributed by atoms with Crippen molar-refractivity contribution < 1.29 is 18.6 Å². The molecule has 1 saturated heterocycles. The molecule has 152 valence electrons. The Hall–Kier alpha value is -3.19. The van der Waals surface area contributed by atoms with Gasteiger partial charge in [-0.15, -0.1) is 0 Å². The molecule has 0 atom stereocenters. The third kappa shape index (κ3) is 3.49. The summed E-state index contributed by atoms with van der Waals surface area (Å²) in [7, 11) is 4.51. The molecular formula is C22H24N2O5. The second kappa shape index (κ2) is 8.05. The molecule has 1 aromatic heterocycles. The maximum atomic E-state index is 12.9. The minimum Gasteiger partial charge on any atom is -0.493 e. The maximum Gasteiger partial charge on any atom is 0.204 e. The van der Waals surface area contributed by atoms with Gasteiger partial charge < -0.3 is 28.8 Å². The summed E-state index contributed by atoms with van der Waals surface area (Å²) in [6.07, 6.45) is 0. The molecular weight excluding hydrogens is 372 g/mol. The first-order valence-corrected chi connectivity index (χ1v) is 9.49. The van der Waals surface area contributed by atoms with Gasteiger partial charge in [0.25, 0.3) is 0 Å². The standard InChI is InChI=1S/C22H24N2O5/c1-26-19-13-18-20(22(28-3)21(19)27-2)16(25)12-17(29-18)14-4-6-15(7-5-14)24-10-8-23-9-11-24/h4-7,12-13,23H,8-11H2,1-3H3. The molecule has 1 aliphatic rings. The number of hydrogen-bond acceptors (Lipinski definition) is 7. The fraction of sp³-hybridized carbons (Fsp3) is 0.318. The zero-order valence-corrected chi connectivity index (χ0v) is 16.8. The zero-order valence-electron chi connectivity index (χ0n) is 16.8. The molecule has 0 unspecified atom stereocenters. The van der Waals surface area contributed by atoms with Gasteiger partial charge in [-0.25, -0.2) is 0 Å². The summed E-state index contributed by atoms with van der Waals surface area (Å²) in [5.74, 6) is 1.59. The molecule has 7 nitrogen and oxygen atoms in total. The van der Waals surface area contributed by atoms with Crippen molar-refractivity contribution in [1.29, 1.82) is 0 Å². The maximum absolute atomic E-state index is 12.9. The summed E-state index contributed by atoms with van der Waals surface area (Å²) < 4.78 is 22.2. The summed E-state index contributed by atoms with van der Waals surface area (Å²) >= 11 is 0. The van der Waals surface area contributed by atoms with Crippen molar-refractivity contribution >= 4 is 16.7 Å². The van der Waals surface area contributed by atoms with Crippen LogP contribution < -0.4 is 29.9 Å². The van der Waals surface area contributed by atoms with Crippen LogP contribution in [0, 0.1) is 0 Å². The van der Waals surface area contributed by atoms with E-state index >= 15 is 0 Å². The lowest BCUT2D eigenvalue weighted by molar-refractivity contribution is 0.326. The van der Waals surface area contributed by atoms with E-state index < -0.39 is 0 Å². The minimum atomic E-state index is -0.203. The van der Waals surface area contributed by atoms with Crippen molar-refractivity contribution in [2.45, 2.75) is 0 Å². The summed E-state index contributed by atoms with van der Waals surface area (Å²) in [6.45, 7) is 3.92. The van der Waals surface area contributed by atoms with E-state index in [-0.39, 0.29) is 5.43 Å². The molecule has 0 aliphatic carbocycles. The lowest BCUT2D eigenvalue weighted by atomic mass is 10.1. The quantitative estimate of drug-likeness (QED) is 0.711. The molecule has 2 aromatic carbocycles. The number of benzene rings is 2. The van der Waals surface area contributed by atoms with E-state index in [1.807, 2.05) is 12.1 Å². The number of nitrogens with one attached hydrogen (secondary N) is 1. The predicted octanol–water partition coefficient (Wildman–Crippen LogP) is 2.90. The molecule has 0 radical (unpaired) electrons. The SMILES string of the molecule is COc1cc2oc(-c3ccc(N4CCNCC4)cc3)cc(=O)c2c(OC)c1OC. The minimum absolute atomic E-state index is 0.203. The van der Waals surface area contributed by atoms with E-state index in [2.05, 4.69) is 22.3 Å². The lowest BCUT2D eigenvalue weighted by Gasteiger charge is -2.29. The van der Waals surface area contributed by atoms with Crippen LogP contribution in [0.5, 0.6) is 17.2 Å². The highest BCUT2D eigenvalue weighted by molar-refractivity contribution is 5.90. The Labute approximate surface area is 168 Å². The van der Waals surface area contributed by atoms with Crippen LogP contribution in [0.2, 0.25) is 0 Å². The third-order valence-corrected chi connectivity index (χ3v) is 5.16. The van der Waals surface area contributed by atoms with Crippen LogP contribution in [0.25, 0.3) is 22.3 Å². The summed E-state index contributed by atoms with van der Waals surface area (Å²) in [5.41, 5.74) is 2.17. The van der Waals surface area contributed by atoms with E-state index in [4.69, 9.17) is 18.6 Å². The molecule has 0 bridgehead atoms. The second-order valence-electron chi connectivity index (χ2n) is 6.78. The molecule has 0 saturated carbocycles. The van der Waals surface area contributed by atoms with Crippen LogP contribution in [0.3, 0.4) is 0 Å². The Bertz CT molecular complexity index is 1070. The van der Waals surface area contributed by atoms with Crippen LogP contribution in [0.15, 0.2) is 45.6 Å². The van der Waals surface area contributed by atoms with Crippen LogP contribution in [-0.2, 0) is 0 Å². The average Bonchev–Trinajstić information content (AvgIpc) is 2.78. The van der Waals surface area contributed by atoms with E-state index in [9.17, 15) is 4.79 Å². The number of fused-ring (bicyclic) bond motifs is 1. The molecule has 0 amide bonds. The van der Waals surface area contributed by atoms with Crippen LogP contribution >= 0.6 is 0 Å².